The molecule has 48 heavy (non-hydrogen) atoms. The first-order valence-corrected chi connectivity index (χ1v) is 18.0. The van der Waals surface area contributed by atoms with E-state index in [9.17, 15) is 13.2 Å². The molecule has 2 aliphatic rings. The Morgan fingerprint density at radius 3 is 2.46 bits per heavy atom. The minimum Gasteiger partial charge on any atom is -0.477 e. The molecule has 0 unspecified atom stereocenters. The summed E-state index contributed by atoms with van der Waals surface area (Å²) in [5.74, 6) is 0.883. The van der Waals surface area contributed by atoms with Crippen LogP contribution >= 0.6 is 0 Å². The van der Waals surface area contributed by atoms with Crippen LogP contribution in [0.25, 0.3) is 11.3 Å². The number of carbonyl (C=O) groups excluding carboxylic acids is 1. The molecule has 1 fully saturated rings. The van der Waals surface area contributed by atoms with E-state index in [1.807, 2.05) is 39.1 Å². The summed E-state index contributed by atoms with van der Waals surface area (Å²) >= 11 is 0. The number of anilines is 2. The maximum atomic E-state index is 14.4. The fraction of sp³-hybridized carbons (Fsp3) is 0.417. The van der Waals surface area contributed by atoms with Crippen molar-refractivity contribution in [1.29, 1.82) is 0 Å². The number of aromatic nitrogens is 4. The second kappa shape index (κ2) is 13.9. The summed E-state index contributed by atoms with van der Waals surface area (Å²) in [5.41, 5.74) is 4.34. The highest BCUT2D eigenvalue weighted by Crippen LogP contribution is 2.31. The van der Waals surface area contributed by atoms with Crippen LogP contribution in [0.4, 0.5) is 11.8 Å². The van der Waals surface area contributed by atoms with Crippen molar-refractivity contribution in [3.05, 3.63) is 83.3 Å². The van der Waals surface area contributed by atoms with Gasteiger partial charge in [0.2, 0.25) is 11.8 Å². The monoisotopic (exact) mass is 669 g/mol. The predicted octanol–water partition coefficient (Wildman–Crippen LogP) is 6.18. The number of hydrogen-bond donors (Lipinski definition) is 1. The smallest absolute Gasteiger partial charge is 0.264 e. The Hall–Kier alpha value is -4.58. The molecular formula is C36H43N7O4S. The lowest BCUT2D eigenvalue weighted by molar-refractivity contribution is 0.0601. The Morgan fingerprint density at radius 1 is 1.00 bits per heavy atom. The SMILES string of the molecule is Cc1cccc(C)c1-c1cc2nc(n1)NS(=O)(=O)c1cccc(c1)C(=O)N(Cc1cncc(N(C)C3CCC3)n1)[C@H](CC(C)C)CCO2. The van der Waals surface area contributed by atoms with Crippen molar-refractivity contribution in [2.24, 2.45) is 5.92 Å². The normalized spacial score (nSPS) is 18.0. The number of amides is 1. The van der Waals surface area contributed by atoms with E-state index in [2.05, 4.69) is 38.4 Å². The largest absolute Gasteiger partial charge is 0.477 e. The lowest BCUT2D eigenvalue weighted by Gasteiger charge is -2.36. The molecule has 1 aliphatic carbocycles. The molecule has 3 heterocycles. The van der Waals surface area contributed by atoms with Crippen molar-refractivity contribution >= 4 is 27.7 Å². The quantitative estimate of drug-likeness (QED) is 0.245. The summed E-state index contributed by atoms with van der Waals surface area (Å²) in [5, 5.41) is 0. The third-order valence-corrected chi connectivity index (χ3v) is 10.5. The van der Waals surface area contributed by atoms with Gasteiger partial charge in [-0.2, -0.15) is 4.98 Å². The van der Waals surface area contributed by atoms with Gasteiger partial charge in [0.15, 0.2) is 0 Å². The van der Waals surface area contributed by atoms with Gasteiger partial charge in [-0.25, -0.2) is 23.1 Å². The van der Waals surface area contributed by atoms with E-state index in [0.29, 0.717) is 30.3 Å². The van der Waals surface area contributed by atoms with Gasteiger partial charge >= 0.3 is 0 Å². The number of rotatable bonds is 7. The van der Waals surface area contributed by atoms with Gasteiger partial charge in [0, 0.05) is 42.7 Å². The minimum atomic E-state index is -4.17. The number of carbonyl (C=O) groups is 1. The highest BCUT2D eigenvalue weighted by atomic mass is 32.2. The van der Waals surface area contributed by atoms with Crippen LogP contribution in [-0.2, 0) is 16.6 Å². The number of benzene rings is 2. The average Bonchev–Trinajstić information content (AvgIpc) is 3.01. The van der Waals surface area contributed by atoms with Gasteiger partial charge in [-0.1, -0.05) is 38.1 Å². The molecule has 1 aliphatic heterocycles. The Balaban J connectivity index is 1.41. The molecule has 0 spiro atoms. The lowest BCUT2D eigenvalue weighted by atomic mass is 9.92. The first-order valence-electron chi connectivity index (χ1n) is 16.5. The molecule has 1 saturated carbocycles. The van der Waals surface area contributed by atoms with E-state index in [1.54, 1.807) is 35.5 Å². The second-order valence-corrected chi connectivity index (χ2v) is 14.9. The van der Waals surface area contributed by atoms with Crippen LogP contribution in [0.3, 0.4) is 0 Å². The fourth-order valence-corrected chi connectivity index (χ4v) is 7.41. The zero-order valence-corrected chi connectivity index (χ0v) is 29.0. The summed E-state index contributed by atoms with van der Waals surface area (Å²) < 4.78 is 36.2. The molecular weight excluding hydrogens is 627 g/mol. The first-order chi connectivity index (χ1) is 23.0. The summed E-state index contributed by atoms with van der Waals surface area (Å²) in [6, 6.07) is 14.0. The van der Waals surface area contributed by atoms with Gasteiger partial charge < -0.3 is 14.5 Å². The number of hydrogen-bond acceptors (Lipinski definition) is 9. The second-order valence-electron chi connectivity index (χ2n) is 13.2. The van der Waals surface area contributed by atoms with Crippen LogP contribution in [0.15, 0.2) is 65.8 Å². The van der Waals surface area contributed by atoms with E-state index in [1.165, 1.54) is 18.6 Å². The molecule has 1 amide bonds. The Kier molecular flexibility index (Phi) is 9.63. The number of aryl methyl sites for hydroxylation is 2. The summed E-state index contributed by atoms with van der Waals surface area (Å²) in [6.07, 6.45) is 8.12. The van der Waals surface area contributed by atoms with Crippen molar-refractivity contribution in [3.63, 3.8) is 0 Å². The molecule has 0 radical (unpaired) electrons. The predicted molar refractivity (Wildman–Crippen MR) is 185 cm³/mol. The molecule has 12 heteroatoms. The summed E-state index contributed by atoms with van der Waals surface area (Å²) in [6.45, 7) is 8.66. The van der Waals surface area contributed by atoms with Crippen molar-refractivity contribution in [2.75, 3.05) is 23.3 Å². The Bertz CT molecular complexity index is 1890. The number of nitrogens with zero attached hydrogens (tertiary/aromatic N) is 6. The van der Waals surface area contributed by atoms with E-state index < -0.39 is 10.0 Å². The van der Waals surface area contributed by atoms with Gasteiger partial charge in [-0.05, 0) is 74.8 Å². The van der Waals surface area contributed by atoms with Crippen molar-refractivity contribution in [2.45, 2.75) is 83.3 Å². The third-order valence-electron chi connectivity index (χ3n) is 9.19. The standard InChI is InChI=1S/C36H43N7O4S/c1-23(2)17-29-15-16-47-33-19-31(34-24(3)9-6-10-25(34)4)39-36(40-33)41-48(45,46)30-14-7-11-26(18-30)35(44)43(29)22-27-20-37-21-32(38-27)42(5)28-12-8-13-28/h6-7,9-11,14,18-21,23,28-29H,8,12-13,15-17,22H2,1-5H3,(H,39,40,41)/t29-/m0/s1. The van der Waals surface area contributed by atoms with Crippen LogP contribution in [0.5, 0.6) is 5.88 Å². The number of fused-ring (bicyclic) bond motifs is 4. The Labute approximate surface area is 282 Å². The third kappa shape index (κ3) is 7.28. The Morgan fingerprint density at radius 2 is 1.75 bits per heavy atom. The molecule has 252 valence electrons. The van der Waals surface area contributed by atoms with Crippen LogP contribution in [0, 0.1) is 19.8 Å². The summed E-state index contributed by atoms with van der Waals surface area (Å²) in [4.78, 5) is 36.7. The van der Waals surface area contributed by atoms with Crippen LogP contribution in [-0.4, -0.2) is 64.9 Å². The van der Waals surface area contributed by atoms with Gasteiger partial charge in [0.05, 0.1) is 41.8 Å². The molecule has 2 aromatic heterocycles. The van der Waals surface area contributed by atoms with E-state index in [0.717, 1.165) is 35.3 Å². The highest BCUT2D eigenvalue weighted by molar-refractivity contribution is 7.92. The van der Waals surface area contributed by atoms with E-state index in [-0.39, 0.29) is 53.3 Å². The molecule has 1 N–H and O–H groups in total. The zero-order valence-electron chi connectivity index (χ0n) is 28.2. The van der Waals surface area contributed by atoms with Crippen LogP contribution in [0.1, 0.15) is 73.1 Å². The van der Waals surface area contributed by atoms with Crippen molar-refractivity contribution in [1.82, 2.24) is 24.8 Å². The molecule has 11 nitrogen and oxygen atoms in total. The number of nitrogens with one attached hydrogen (secondary N) is 1. The van der Waals surface area contributed by atoms with Gasteiger partial charge in [-0.3, -0.25) is 9.78 Å². The minimum absolute atomic E-state index is 0.0711. The van der Waals surface area contributed by atoms with Crippen molar-refractivity contribution < 1.29 is 17.9 Å². The molecule has 0 saturated heterocycles. The molecule has 1 atom stereocenters. The topological polar surface area (TPSA) is 131 Å². The van der Waals surface area contributed by atoms with Crippen LogP contribution < -0.4 is 14.4 Å². The molecule has 4 aromatic rings. The number of ether oxygens (including phenoxy) is 1. The maximum Gasteiger partial charge on any atom is 0.264 e. The first kappa shape index (κ1) is 33.3. The lowest BCUT2D eigenvalue weighted by Crippen LogP contribution is -2.42. The molecule has 2 aromatic carbocycles. The fourth-order valence-electron chi connectivity index (χ4n) is 6.42. The zero-order chi connectivity index (χ0) is 34.0. The van der Waals surface area contributed by atoms with Gasteiger partial charge in [-0.15, -0.1) is 0 Å². The van der Waals surface area contributed by atoms with Crippen molar-refractivity contribution in [3.8, 4) is 17.1 Å². The number of sulfonamides is 1. The van der Waals surface area contributed by atoms with Crippen LogP contribution in [0.2, 0.25) is 0 Å². The summed E-state index contributed by atoms with van der Waals surface area (Å²) in [7, 11) is -2.13. The van der Waals surface area contributed by atoms with E-state index >= 15 is 0 Å². The molecule has 6 rings (SSSR count). The van der Waals surface area contributed by atoms with Gasteiger partial charge in [0.1, 0.15) is 5.82 Å². The van der Waals surface area contributed by atoms with Gasteiger partial charge in [0.25, 0.3) is 15.9 Å². The highest BCUT2D eigenvalue weighted by Gasteiger charge is 2.29. The average molecular weight is 670 g/mol. The van der Waals surface area contributed by atoms with E-state index in [4.69, 9.17) is 9.72 Å². The maximum absolute atomic E-state index is 14.4. The molecule has 4 bridgehead atoms.